The zero-order valence-electron chi connectivity index (χ0n) is 11.6. The molecule has 4 nitrogen and oxygen atoms in total. The van der Waals surface area contributed by atoms with Crippen LogP contribution in [0, 0.1) is 0 Å². The van der Waals surface area contributed by atoms with Crippen molar-refractivity contribution in [2.45, 2.75) is 44.9 Å². The minimum atomic E-state index is -3.24. The fourth-order valence-electron chi connectivity index (χ4n) is 1.90. The van der Waals surface area contributed by atoms with E-state index in [-0.39, 0.29) is 5.75 Å². The molecule has 0 saturated carbocycles. The highest BCUT2D eigenvalue weighted by molar-refractivity contribution is 7.88. The van der Waals surface area contributed by atoms with Gasteiger partial charge in [-0.3, -0.25) is 0 Å². The normalized spacial score (nSPS) is 11.7. The predicted octanol–water partition coefficient (Wildman–Crippen LogP) is 2.15. The van der Waals surface area contributed by atoms with Crippen LogP contribution in [0.1, 0.15) is 43.7 Å². The second-order valence-corrected chi connectivity index (χ2v) is 6.55. The number of nitrogens with two attached hydrogens (primary N) is 1. The van der Waals surface area contributed by atoms with E-state index in [0.717, 1.165) is 36.8 Å². The van der Waals surface area contributed by atoms with Crippen LogP contribution in [-0.2, 0) is 22.3 Å². The van der Waals surface area contributed by atoms with E-state index in [4.69, 9.17) is 5.73 Å². The molecule has 0 aliphatic heterocycles. The average molecular weight is 284 g/mol. The van der Waals surface area contributed by atoms with Gasteiger partial charge in [0.2, 0.25) is 10.0 Å². The zero-order chi connectivity index (χ0) is 14.1. The van der Waals surface area contributed by atoms with Gasteiger partial charge in [0.05, 0.1) is 5.75 Å². The van der Waals surface area contributed by atoms with E-state index in [0.29, 0.717) is 13.1 Å². The van der Waals surface area contributed by atoms with E-state index >= 15 is 0 Å². The molecule has 0 bridgehead atoms. The summed E-state index contributed by atoms with van der Waals surface area (Å²) in [5, 5.41) is 0. The van der Waals surface area contributed by atoms with Crippen LogP contribution in [0.5, 0.6) is 0 Å². The highest BCUT2D eigenvalue weighted by Gasteiger charge is 2.10. The molecule has 0 spiro atoms. The average Bonchev–Trinajstić information content (AvgIpc) is 2.38. The van der Waals surface area contributed by atoms with Gasteiger partial charge in [-0.2, -0.15) is 0 Å². The zero-order valence-corrected chi connectivity index (χ0v) is 12.4. The Balaban J connectivity index is 2.45. The van der Waals surface area contributed by atoms with E-state index in [1.807, 2.05) is 24.3 Å². The molecule has 0 unspecified atom stereocenters. The third-order valence-electron chi connectivity index (χ3n) is 2.94. The molecule has 0 radical (unpaired) electrons. The maximum absolute atomic E-state index is 11.9. The van der Waals surface area contributed by atoms with Crippen molar-refractivity contribution in [2.24, 2.45) is 5.73 Å². The molecule has 5 heteroatoms. The lowest BCUT2D eigenvalue weighted by atomic mass is 10.1. The molecule has 0 heterocycles. The Morgan fingerprint density at radius 2 is 1.89 bits per heavy atom. The van der Waals surface area contributed by atoms with Crippen LogP contribution in [0.3, 0.4) is 0 Å². The number of nitrogens with one attached hydrogen (secondary N) is 1. The first-order chi connectivity index (χ1) is 9.07. The Hall–Kier alpha value is -0.910. The second-order valence-electron chi connectivity index (χ2n) is 4.74. The van der Waals surface area contributed by atoms with Crippen LogP contribution in [0.25, 0.3) is 0 Å². The summed E-state index contributed by atoms with van der Waals surface area (Å²) in [5.74, 6) is 0.0224. The Morgan fingerprint density at radius 3 is 2.58 bits per heavy atom. The van der Waals surface area contributed by atoms with Crippen LogP contribution in [0.2, 0.25) is 0 Å². The Bertz CT molecular complexity index is 472. The van der Waals surface area contributed by atoms with Crippen molar-refractivity contribution in [3.63, 3.8) is 0 Å². The van der Waals surface area contributed by atoms with E-state index < -0.39 is 10.0 Å². The first-order valence-electron chi connectivity index (χ1n) is 6.82. The van der Waals surface area contributed by atoms with E-state index in [9.17, 15) is 8.42 Å². The molecule has 1 rings (SSSR count). The monoisotopic (exact) mass is 284 g/mol. The molecule has 0 saturated heterocycles. The maximum Gasteiger partial charge on any atom is 0.215 e. The molecule has 0 amide bonds. The second kappa shape index (κ2) is 8.30. The molecule has 0 fully saturated rings. The Morgan fingerprint density at radius 1 is 1.16 bits per heavy atom. The summed E-state index contributed by atoms with van der Waals surface area (Å²) in [4.78, 5) is 0. The molecule has 0 aliphatic carbocycles. The van der Waals surface area contributed by atoms with Gasteiger partial charge in [0.25, 0.3) is 0 Å². The predicted molar refractivity (Wildman–Crippen MR) is 79.1 cm³/mol. The summed E-state index contributed by atoms with van der Waals surface area (Å²) < 4.78 is 26.4. The molecule has 108 valence electrons. The van der Waals surface area contributed by atoms with Crippen molar-refractivity contribution >= 4 is 10.0 Å². The molecule has 3 N–H and O–H groups in total. The Kier molecular flexibility index (Phi) is 7.05. The van der Waals surface area contributed by atoms with Crippen molar-refractivity contribution in [2.75, 3.05) is 6.54 Å². The number of sulfonamides is 1. The van der Waals surface area contributed by atoms with Gasteiger partial charge >= 0.3 is 0 Å². The molecular formula is C14H24N2O2S. The summed E-state index contributed by atoms with van der Waals surface area (Å²) in [7, 11) is -3.24. The lowest BCUT2D eigenvalue weighted by molar-refractivity contribution is 0.573. The smallest absolute Gasteiger partial charge is 0.215 e. The van der Waals surface area contributed by atoms with Gasteiger partial charge in [-0.25, -0.2) is 13.1 Å². The third-order valence-corrected chi connectivity index (χ3v) is 4.29. The fraction of sp³-hybridized carbons (Fsp3) is 0.571. The summed E-state index contributed by atoms with van der Waals surface area (Å²) in [6, 6.07) is 7.40. The van der Waals surface area contributed by atoms with Crippen molar-refractivity contribution in [1.82, 2.24) is 4.72 Å². The van der Waals surface area contributed by atoms with Gasteiger partial charge in [-0.1, -0.05) is 50.5 Å². The number of hydrogen-bond acceptors (Lipinski definition) is 3. The third kappa shape index (κ3) is 6.71. The Labute approximate surface area is 116 Å². The number of unbranched alkanes of at least 4 members (excludes halogenated alkanes) is 3. The van der Waals surface area contributed by atoms with Crippen LogP contribution in [-0.4, -0.2) is 15.0 Å². The van der Waals surface area contributed by atoms with E-state index in [1.165, 1.54) is 0 Å². The van der Waals surface area contributed by atoms with Gasteiger partial charge in [0.1, 0.15) is 0 Å². The summed E-state index contributed by atoms with van der Waals surface area (Å²) in [6.07, 6.45) is 4.27. The summed E-state index contributed by atoms with van der Waals surface area (Å²) in [6.45, 7) is 3.09. The number of rotatable bonds is 9. The highest BCUT2D eigenvalue weighted by Crippen LogP contribution is 2.08. The molecule has 0 aliphatic rings. The van der Waals surface area contributed by atoms with Gasteiger partial charge in [0, 0.05) is 13.1 Å². The van der Waals surface area contributed by atoms with Crippen molar-refractivity contribution in [1.29, 1.82) is 0 Å². The number of benzene rings is 1. The lowest BCUT2D eigenvalue weighted by Crippen LogP contribution is -2.26. The molecule has 1 aromatic carbocycles. The van der Waals surface area contributed by atoms with Crippen LogP contribution < -0.4 is 10.5 Å². The summed E-state index contributed by atoms with van der Waals surface area (Å²) in [5.41, 5.74) is 7.28. The molecular weight excluding hydrogens is 260 g/mol. The van der Waals surface area contributed by atoms with E-state index in [2.05, 4.69) is 11.6 Å². The standard InChI is InChI=1S/C14H24N2O2S/c1-2-3-4-5-9-16-19(17,18)12-14-8-6-7-13(10-14)11-15/h6-8,10,16H,2-5,9,11-12,15H2,1H3. The van der Waals surface area contributed by atoms with E-state index in [1.54, 1.807) is 0 Å². The van der Waals surface area contributed by atoms with Crippen LogP contribution >= 0.6 is 0 Å². The minimum Gasteiger partial charge on any atom is -0.326 e. The largest absolute Gasteiger partial charge is 0.326 e. The molecule has 0 aromatic heterocycles. The van der Waals surface area contributed by atoms with Crippen molar-refractivity contribution < 1.29 is 8.42 Å². The first kappa shape index (κ1) is 16.1. The van der Waals surface area contributed by atoms with Crippen LogP contribution in [0.4, 0.5) is 0 Å². The van der Waals surface area contributed by atoms with Crippen molar-refractivity contribution in [3.05, 3.63) is 35.4 Å². The van der Waals surface area contributed by atoms with Gasteiger partial charge in [-0.15, -0.1) is 0 Å². The van der Waals surface area contributed by atoms with Gasteiger partial charge in [-0.05, 0) is 17.5 Å². The molecule has 0 atom stereocenters. The van der Waals surface area contributed by atoms with Gasteiger partial charge < -0.3 is 5.73 Å². The van der Waals surface area contributed by atoms with Crippen LogP contribution in [0.15, 0.2) is 24.3 Å². The lowest BCUT2D eigenvalue weighted by Gasteiger charge is -2.07. The molecule has 19 heavy (non-hydrogen) atoms. The highest BCUT2D eigenvalue weighted by atomic mass is 32.2. The van der Waals surface area contributed by atoms with Gasteiger partial charge in [0.15, 0.2) is 0 Å². The SMILES string of the molecule is CCCCCCNS(=O)(=O)Cc1cccc(CN)c1. The number of hydrogen-bond donors (Lipinski definition) is 2. The topological polar surface area (TPSA) is 72.2 Å². The quantitative estimate of drug-likeness (QED) is 0.682. The fourth-order valence-corrected chi connectivity index (χ4v) is 3.07. The minimum absolute atomic E-state index is 0.0224. The summed E-state index contributed by atoms with van der Waals surface area (Å²) >= 11 is 0. The first-order valence-corrected chi connectivity index (χ1v) is 8.48. The maximum atomic E-state index is 11.9. The van der Waals surface area contributed by atoms with Crippen molar-refractivity contribution in [3.8, 4) is 0 Å². The molecule has 1 aromatic rings.